The number of hydrogen-bond acceptors (Lipinski definition) is 2. The molecule has 0 atom stereocenters. The average molecular weight is 242 g/mol. The molecule has 0 saturated carbocycles. The van der Waals surface area contributed by atoms with Crippen molar-refractivity contribution in [2.45, 2.75) is 52.7 Å². The Balaban J connectivity index is 4.90. The van der Waals surface area contributed by atoms with Crippen LogP contribution in [-0.4, -0.2) is 10.1 Å². The third kappa shape index (κ3) is 6.16. The van der Waals surface area contributed by atoms with Gasteiger partial charge in [-0.25, -0.2) is 0 Å². The second-order valence-corrected chi connectivity index (χ2v) is 5.98. The standard InChI is InChI=1S/C13H22S2/c1-6-8-9-12(7-2)13(11(5)14)15-10(3)4/h6,8,10H,7,9H2,1-5H3/b8-6-,13-12+. The van der Waals surface area contributed by atoms with Crippen LogP contribution in [-0.2, 0) is 0 Å². The molecule has 0 rings (SSSR count). The molecule has 0 aliphatic rings. The summed E-state index contributed by atoms with van der Waals surface area (Å²) in [4.78, 5) is 2.37. The van der Waals surface area contributed by atoms with Gasteiger partial charge in [0.15, 0.2) is 0 Å². The quantitative estimate of drug-likeness (QED) is 0.359. The van der Waals surface area contributed by atoms with Gasteiger partial charge < -0.3 is 0 Å². The highest BCUT2D eigenvalue weighted by atomic mass is 32.2. The van der Waals surface area contributed by atoms with Gasteiger partial charge in [-0.3, -0.25) is 0 Å². The summed E-state index contributed by atoms with van der Waals surface area (Å²) in [5, 5.41) is 0.602. The topological polar surface area (TPSA) is 0 Å². The Bertz CT molecular complexity index is 260. The van der Waals surface area contributed by atoms with Gasteiger partial charge in [-0.15, -0.1) is 11.8 Å². The van der Waals surface area contributed by atoms with E-state index in [1.165, 1.54) is 10.5 Å². The molecule has 0 amide bonds. The molecular weight excluding hydrogens is 220 g/mol. The van der Waals surface area contributed by atoms with Crippen LogP contribution in [0.2, 0.25) is 0 Å². The third-order valence-corrected chi connectivity index (χ3v) is 3.66. The van der Waals surface area contributed by atoms with E-state index in [1.54, 1.807) is 0 Å². The Morgan fingerprint density at radius 2 is 2.00 bits per heavy atom. The molecule has 0 heterocycles. The van der Waals surface area contributed by atoms with Gasteiger partial charge in [-0.2, -0.15) is 0 Å². The van der Waals surface area contributed by atoms with E-state index in [0.717, 1.165) is 17.7 Å². The molecule has 0 aromatic rings. The van der Waals surface area contributed by atoms with E-state index in [-0.39, 0.29) is 0 Å². The monoisotopic (exact) mass is 242 g/mol. The van der Waals surface area contributed by atoms with Gasteiger partial charge in [0, 0.05) is 15.0 Å². The molecule has 0 unspecified atom stereocenters. The van der Waals surface area contributed by atoms with Crippen molar-refractivity contribution in [3.8, 4) is 0 Å². The zero-order valence-corrected chi connectivity index (χ0v) is 12.1. The number of thiocarbonyl (C=S) groups is 1. The fraction of sp³-hybridized carbons (Fsp3) is 0.615. The first-order valence-electron chi connectivity index (χ1n) is 5.53. The Hall–Kier alpha value is -0.0800. The first kappa shape index (κ1) is 14.9. The van der Waals surface area contributed by atoms with Crippen molar-refractivity contribution < 1.29 is 0 Å². The summed E-state index contributed by atoms with van der Waals surface area (Å²) in [6.07, 6.45) is 6.44. The van der Waals surface area contributed by atoms with Crippen molar-refractivity contribution in [3.05, 3.63) is 22.6 Å². The van der Waals surface area contributed by atoms with Crippen LogP contribution in [0, 0.1) is 0 Å². The van der Waals surface area contributed by atoms with E-state index in [1.807, 2.05) is 18.7 Å². The predicted molar refractivity (Wildman–Crippen MR) is 77.7 cm³/mol. The molecule has 0 aliphatic carbocycles. The van der Waals surface area contributed by atoms with Crippen LogP contribution in [0.25, 0.3) is 0 Å². The lowest BCUT2D eigenvalue weighted by Gasteiger charge is -2.14. The predicted octanol–water partition coefficient (Wildman–Crippen LogP) is 5.15. The molecule has 0 spiro atoms. The maximum atomic E-state index is 5.33. The van der Waals surface area contributed by atoms with Gasteiger partial charge in [0.1, 0.15) is 0 Å². The van der Waals surface area contributed by atoms with Crippen LogP contribution in [0.5, 0.6) is 0 Å². The summed E-state index contributed by atoms with van der Waals surface area (Å²) < 4.78 is 0. The van der Waals surface area contributed by atoms with Crippen LogP contribution in [0.1, 0.15) is 47.5 Å². The van der Waals surface area contributed by atoms with Crippen LogP contribution < -0.4 is 0 Å². The second kappa shape index (κ2) is 8.12. The van der Waals surface area contributed by atoms with Crippen molar-refractivity contribution in [2.24, 2.45) is 0 Å². The second-order valence-electron chi connectivity index (χ2n) is 3.78. The van der Waals surface area contributed by atoms with Crippen molar-refractivity contribution in [3.63, 3.8) is 0 Å². The minimum Gasteiger partial charge on any atom is -0.122 e. The number of allylic oxidation sites excluding steroid dienone is 4. The van der Waals surface area contributed by atoms with E-state index >= 15 is 0 Å². The third-order valence-electron chi connectivity index (χ3n) is 2.02. The van der Waals surface area contributed by atoms with Gasteiger partial charge >= 0.3 is 0 Å². The Morgan fingerprint density at radius 3 is 2.33 bits per heavy atom. The molecule has 0 aliphatic heterocycles. The van der Waals surface area contributed by atoms with Crippen molar-refractivity contribution in [1.82, 2.24) is 0 Å². The highest BCUT2D eigenvalue weighted by molar-refractivity contribution is 8.05. The number of rotatable bonds is 6. The summed E-state index contributed by atoms with van der Waals surface area (Å²) in [5.41, 5.74) is 1.47. The molecule has 0 bridgehead atoms. The largest absolute Gasteiger partial charge is 0.122 e. The van der Waals surface area contributed by atoms with Crippen LogP contribution in [0.4, 0.5) is 0 Å². The zero-order chi connectivity index (χ0) is 11.8. The van der Waals surface area contributed by atoms with Gasteiger partial charge in [-0.05, 0) is 26.7 Å². The molecule has 0 radical (unpaired) electrons. The number of hydrogen-bond donors (Lipinski definition) is 0. The van der Waals surface area contributed by atoms with Crippen LogP contribution >= 0.6 is 24.0 Å². The normalized spacial score (nSPS) is 13.5. The highest BCUT2D eigenvalue weighted by Crippen LogP contribution is 2.29. The molecule has 0 aromatic heterocycles. The van der Waals surface area contributed by atoms with Crippen molar-refractivity contribution in [2.75, 3.05) is 0 Å². The maximum Gasteiger partial charge on any atom is 0.0256 e. The fourth-order valence-corrected chi connectivity index (χ4v) is 2.63. The van der Waals surface area contributed by atoms with E-state index in [9.17, 15) is 0 Å². The molecule has 86 valence electrons. The molecule has 0 saturated heterocycles. The van der Waals surface area contributed by atoms with Gasteiger partial charge in [0.05, 0.1) is 0 Å². The summed E-state index contributed by atoms with van der Waals surface area (Å²) in [6.45, 7) is 10.7. The summed E-state index contributed by atoms with van der Waals surface area (Å²) in [7, 11) is 0. The Kier molecular flexibility index (Phi) is 8.07. The van der Waals surface area contributed by atoms with E-state index in [2.05, 4.69) is 39.8 Å². The van der Waals surface area contributed by atoms with E-state index < -0.39 is 0 Å². The smallest absolute Gasteiger partial charge is 0.0256 e. The van der Waals surface area contributed by atoms with E-state index in [4.69, 9.17) is 12.2 Å². The SMILES string of the molecule is C/C=C\C/C(CC)=C(/SC(C)C)C(C)=S. The lowest BCUT2D eigenvalue weighted by atomic mass is 10.1. The Morgan fingerprint density at radius 1 is 1.40 bits per heavy atom. The first-order valence-corrected chi connectivity index (χ1v) is 6.82. The van der Waals surface area contributed by atoms with Crippen LogP contribution in [0.15, 0.2) is 22.6 Å². The molecule has 0 fully saturated rings. The Labute approximate surface area is 104 Å². The van der Waals surface area contributed by atoms with Crippen molar-refractivity contribution in [1.29, 1.82) is 0 Å². The van der Waals surface area contributed by atoms with E-state index in [0.29, 0.717) is 5.25 Å². The number of thioether (sulfide) groups is 1. The lowest BCUT2D eigenvalue weighted by molar-refractivity contribution is 1.03. The first-order chi connectivity index (χ1) is 7.02. The van der Waals surface area contributed by atoms with Crippen molar-refractivity contribution >= 4 is 28.8 Å². The molecular formula is C13H22S2. The molecule has 0 N–H and O–H groups in total. The van der Waals surface area contributed by atoms with Gasteiger partial charge in [0.2, 0.25) is 0 Å². The fourth-order valence-electron chi connectivity index (χ4n) is 1.31. The van der Waals surface area contributed by atoms with Crippen LogP contribution in [0.3, 0.4) is 0 Å². The van der Waals surface area contributed by atoms with Gasteiger partial charge in [0.25, 0.3) is 0 Å². The molecule has 0 aromatic carbocycles. The zero-order valence-electron chi connectivity index (χ0n) is 10.5. The summed E-state index contributed by atoms with van der Waals surface area (Å²) >= 11 is 7.22. The highest BCUT2D eigenvalue weighted by Gasteiger charge is 2.09. The minimum atomic E-state index is 0.602. The van der Waals surface area contributed by atoms with Gasteiger partial charge in [-0.1, -0.05) is 50.7 Å². The minimum absolute atomic E-state index is 0.602. The molecule has 15 heavy (non-hydrogen) atoms. The lowest BCUT2D eigenvalue weighted by Crippen LogP contribution is -2.00. The summed E-state index contributed by atoms with van der Waals surface area (Å²) in [6, 6.07) is 0. The molecule has 0 nitrogen and oxygen atoms in total. The molecule has 2 heteroatoms. The summed E-state index contributed by atoms with van der Waals surface area (Å²) in [5.74, 6) is 0. The maximum absolute atomic E-state index is 5.33. The average Bonchev–Trinajstić information content (AvgIpc) is 2.16.